The summed E-state index contributed by atoms with van der Waals surface area (Å²) in [6, 6.07) is 0. The van der Waals surface area contributed by atoms with Crippen molar-refractivity contribution in [1.82, 2.24) is 0 Å². The molecule has 2 saturated carbocycles. The van der Waals surface area contributed by atoms with Gasteiger partial charge in [0.2, 0.25) is 0 Å². The van der Waals surface area contributed by atoms with Crippen LogP contribution < -0.4 is 0 Å². The number of rotatable bonds is 1. The Morgan fingerprint density at radius 1 is 0.867 bits per heavy atom. The molecule has 90 valence electrons. The average molecular weight is 210 g/mol. The Labute approximate surface area is 96.8 Å². The average Bonchev–Trinajstić information content (AvgIpc) is 2.52. The van der Waals surface area contributed by atoms with Crippen LogP contribution in [0.1, 0.15) is 79.1 Å². The molecule has 15 heavy (non-hydrogen) atoms. The zero-order chi connectivity index (χ0) is 11.3. The van der Waals surface area contributed by atoms with Crippen LogP contribution in [0.4, 0.5) is 0 Å². The summed E-state index contributed by atoms with van der Waals surface area (Å²) in [7, 11) is 0. The van der Waals surface area contributed by atoms with E-state index in [4.69, 9.17) is 0 Å². The molecule has 0 amide bonds. The lowest BCUT2D eigenvalue weighted by molar-refractivity contribution is 0.277. The van der Waals surface area contributed by atoms with E-state index in [0.717, 1.165) is 11.8 Å². The first kappa shape index (κ1) is 13.1. The molecule has 0 aromatic heterocycles. The van der Waals surface area contributed by atoms with E-state index in [1.807, 2.05) is 0 Å². The van der Waals surface area contributed by atoms with Crippen molar-refractivity contribution in [2.45, 2.75) is 79.1 Å². The molecule has 2 fully saturated rings. The van der Waals surface area contributed by atoms with Crippen molar-refractivity contribution < 1.29 is 0 Å². The number of hydrogen-bond acceptors (Lipinski definition) is 0. The highest BCUT2D eigenvalue weighted by Crippen LogP contribution is 2.50. The maximum atomic E-state index is 2.45. The summed E-state index contributed by atoms with van der Waals surface area (Å²) in [4.78, 5) is 0. The van der Waals surface area contributed by atoms with Crippen LogP contribution >= 0.6 is 0 Å². The largest absolute Gasteiger partial charge is 0.0654 e. The van der Waals surface area contributed by atoms with Crippen molar-refractivity contribution in [3.05, 3.63) is 0 Å². The monoisotopic (exact) mass is 210 g/mol. The van der Waals surface area contributed by atoms with Crippen LogP contribution in [0.15, 0.2) is 0 Å². The van der Waals surface area contributed by atoms with Gasteiger partial charge in [-0.3, -0.25) is 0 Å². The Hall–Kier alpha value is 0. The van der Waals surface area contributed by atoms with Gasteiger partial charge in [-0.25, -0.2) is 0 Å². The predicted molar refractivity (Wildman–Crippen MR) is 69.0 cm³/mol. The molecule has 0 N–H and O–H groups in total. The van der Waals surface area contributed by atoms with E-state index < -0.39 is 0 Å². The number of fused-ring (bicyclic) bond motifs is 1. The molecule has 0 aliphatic heterocycles. The Kier molecular flexibility index (Phi) is 5.15. The third-order valence-electron chi connectivity index (χ3n) is 4.20. The first-order chi connectivity index (χ1) is 7.09. The quantitative estimate of drug-likeness (QED) is 0.542. The van der Waals surface area contributed by atoms with Gasteiger partial charge in [0.25, 0.3) is 0 Å². The third kappa shape index (κ3) is 4.17. The third-order valence-corrected chi connectivity index (χ3v) is 4.20. The summed E-state index contributed by atoms with van der Waals surface area (Å²) in [6.45, 7) is 9.26. The second-order valence-electron chi connectivity index (χ2n) is 6.38. The van der Waals surface area contributed by atoms with Crippen LogP contribution in [0.3, 0.4) is 0 Å². The van der Waals surface area contributed by atoms with Gasteiger partial charge in [-0.05, 0) is 30.1 Å². The topological polar surface area (TPSA) is 0 Å². The number of unbranched alkanes of at least 4 members (excludes halogenated alkanes) is 1. The molecular weight excluding hydrogens is 180 g/mol. The van der Waals surface area contributed by atoms with Crippen LogP contribution in [-0.2, 0) is 0 Å². The molecule has 0 aromatic rings. The fourth-order valence-corrected chi connectivity index (χ4v) is 3.32. The molecule has 0 bridgehead atoms. The second kappa shape index (κ2) is 5.92. The summed E-state index contributed by atoms with van der Waals surface area (Å²) < 4.78 is 0. The molecule has 0 saturated heterocycles. The molecule has 2 atom stereocenters. The smallest absolute Gasteiger partial charge is 0.0349 e. The zero-order valence-corrected chi connectivity index (χ0v) is 11.3. The molecule has 0 nitrogen and oxygen atoms in total. The predicted octanol–water partition coefficient (Wildman–Crippen LogP) is 5.42. The van der Waals surface area contributed by atoms with Gasteiger partial charge in [0.05, 0.1) is 0 Å². The van der Waals surface area contributed by atoms with E-state index in [1.165, 1.54) is 51.4 Å². The molecule has 0 heteroatoms. The van der Waals surface area contributed by atoms with Gasteiger partial charge in [-0.2, -0.15) is 0 Å². The van der Waals surface area contributed by atoms with Crippen molar-refractivity contribution in [3.8, 4) is 0 Å². The second-order valence-corrected chi connectivity index (χ2v) is 6.38. The summed E-state index contributed by atoms with van der Waals surface area (Å²) in [6.07, 6.45) is 11.8. The molecule has 2 aliphatic carbocycles. The highest BCUT2D eigenvalue weighted by molar-refractivity contribution is 4.90. The first-order valence-corrected chi connectivity index (χ1v) is 7.09. The summed E-state index contributed by atoms with van der Waals surface area (Å²) in [5.41, 5.74) is 0.680. The van der Waals surface area contributed by atoms with Crippen molar-refractivity contribution in [2.75, 3.05) is 0 Å². The maximum absolute atomic E-state index is 2.45. The van der Waals surface area contributed by atoms with E-state index in [-0.39, 0.29) is 0 Å². The lowest BCUT2D eigenvalue weighted by Gasteiger charge is -2.24. The van der Waals surface area contributed by atoms with Crippen LogP contribution in [0.2, 0.25) is 0 Å². The minimum atomic E-state index is 0.680. The lowest BCUT2D eigenvalue weighted by Crippen LogP contribution is -2.12. The molecule has 2 unspecified atom stereocenters. The maximum Gasteiger partial charge on any atom is -0.0349 e. The van der Waals surface area contributed by atoms with E-state index in [1.54, 1.807) is 0 Å². The molecule has 2 rings (SSSR count). The van der Waals surface area contributed by atoms with E-state index in [2.05, 4.69) is 27.7 Å². The Bertz CT molecular complexity index is 151. The molecule has 0 heterocycles. The van der Waals surface area contributed by atoms with Crippen LogP contribution in [0.25, 0.3) is 0 Å². The fraction of sp³-hybridized carbons (Fsp3) is 1.00. The minimum absolute atomic E-state index is 0.680. The van der Waals surface area contributed by atoms with Gasteiger partial charge in [0, 0.05) is 0 Å². The molecule has 0 radical (unpaired) electrons. The molecule has 0 aromatic carbocycles. The normalized spacial score (nSPS) is 32.8. The van der Waals surface area contributed by atoms with Gasteiger partial charge >= 0.3 is 0 Å². The van der Waals surface area contributed by atoms with Crippen LogP contribution in [-0.4, -0.2) is 0 Å². The van der Waals surface area contributed by atoms with Crippen molar-refractivity contribution >= 4 is 0 Å². The minimum Gasteiger partial charge on any atom is -0.0654 e. The lowest BCUT2D eigenvalue weighted by atomic mass is 9.82. The Morgan fingerprint density at radius 3 is 1.60 bits per heavy atom. The van der Waals surface area contributed by atoms with Gasteiger partial charge in [0.1, 0.15) is 0 Å². The van der Waals surface area contributed by atoms with E-state index in [9.17, 15) is 0 Å². The van der Waals surface area contributed by atoms with Crippen molar-refractivity contribution in [2.24, 2.45) is 17.3 Å². The van der Waals surface area contributed by atoms with Gasteiger partial charge < -0.3 is 0 Å². The summed E-state index contributed by atoms with van der Waals surface area (Å²) in [5.74, 6) is 2.22. The molecular formula is C15H30. The Morgan fingerprint density at radius 2 is 1.27 bits per heavy atom. The fourth-order valence-electron chi connectivity index (χ4n) is 3.32. The SMILES string of the molecule is CC1(C)CC2CCCCC2C1.CCCC. The van der Waals surface area contributed by atoms with Gasteiger partial charge in [-0.1, -0.05) is 66.2 Å². The van der Waals surface area contributed by atoms with Crippen LogP contribution in [0, 0.1) is 17.3 Å². The highest BCUT2D eigenvalue weighted by atomic mass is 14.4. The van der Waals surface area contributed by atoms with Gasteiger partial charge in [0.15, 0.2) is 0 Å². The van der Waals surface area contributed by atoms with Crippen molar-refractivity contribution in [1.29, 1.82) is 0 Å². The standard InChI is InChI=1S/C11H20.C4H10/c1-11(2)7-9-5-3-4-6-10(9)8-11;1-3-4-2/h9-10H,3-8H2,1-2H3;3-4H2,1-2H3. The van der Waals surface area contributed by atoms with Crippen molar-refractivity contribution in [3.63, 3.8) is 0 Å². The first-order valence-electron chi connectivity index (χ1n) is 7.09. The van der Waals surface area contributed by atoms with E-state index in [0.29, 0.717) is 5.41 Å². The summed E-state index contributed by atoms with van der Waals surface area (Å²) in [5, 5.41) is 0. The summed E-state index contributed by atoms with van der Waals surface area (Å²) >= 11 is 0. The Balaban J connectivity index is 0.000000245. The highest BCUT2D eigenvalue weighted by Gasteiger charge is 2.39. The van der Waals surface area contributed by atoms with E-state index >= 15 is 0 Å². The zero-order valence-electron chi connectivity index (χ0n) is 11.3. The molecule has 0 spiro atoms. The van der Waals surface area contributed by atoms with Crippen LogP contribution in [0.5, 0.6) is 0 Å². The number of hydrogen-bond donors (Lipinski definition) is 0. The molecule has 2 aliphatic rings. The van der Waals surface area contributed by atoms with Gasteiger partial charge in [-0.15, -0.1) is 0 Å².